The van der Waals surface area contributed by atoms with Crippen LogP contribution in [0.5, 0.6) is 23.0 Å². The van der Waals surface area contributed by atoms with Crippen molar-refractivity contribution >= 4 is 18.1 Å². The summed E-state index contributed by atoms with van der Waals surface area (Å²) in [6.07, 6.45) is 3.18. The molecule has 3 N–H and O–H groups in total. The van der Waals surface area contributed by atoms with E-state index in [4.69, 9.17) is 4.74 Å². The lowest BCUT2D eigenvalue weighted by Crippen LogP contribution is -2.04. The summed E-state index contributed by atoms with van der Waals surface area (Å²) in [5.74, 6) is -1.05. The van der Waals surface area contributed by atoms with Gasteiger partial charge >= 0.3 is 5.97 Å². The third kappa shape index (κ3) is 3.55. The average molecular weight is 316 g/mol. The highest BCUT2D eigenvalue weighted by Gasteiger charge is 2.17. The van der Waals surface area contributed by atoms with Gasteiger partial charge in [-0.2, -0.15) is 0 Å². The van der Waals surface area contributed by atoms with E-state index in [0.717, 1.165) is 0 Å². The van der Waals surface area contributed by atoms with Crippen molar-refractivity contribution < 1.29 is 29.6 Å². The fraction of sp³-hybridized carbons (Fsp3) is 0.118. The smallest absolute Gasteiger partial charge is 0.342 e. The van der Waals surface area contributed by atoms with E-state index in [2.05, 4.69) is 4.74 Å². The zero-order valence-corrected chi connectivity index (χ0v) is 12.6. The highest BCUT2D eigenvalue weighted by Crippen LogP contribution is 2.31. The summed E-state index contributed by atoms with van der Waals surface area (Å²) in [7, 11) is 2.66. The molecule has 0 radical (unpaired) electrons. The highest BCUT2D eigenvalue weighted by atomic mass is 16.5. The van der Waals surface area contributed by atoms with Gasteiger partial charge < -0.3 is 24.8 Å². The number of phenols is 3. The standard InChI is InChI=1S/C17H16O6/c1-22-12-8-11(16(15(20)9-12)17(21)23-2)5-3-10-4-6-13(18)14(19)7-10/h3-9,18-20H,1-2H3. The van der Waals surface area contributed by atoms with Crippen LogP contribution < -0.4 is 4.74 Å². The van der Waals surface area contributed by atoms with Gasteiger partial charge in [0.05, 0.1) is 14.2 Å². The first-order chi connectivity index (χ1) is 11.0. The molecule has 0 bridgehead atoms. The molecule has 6 nitrogen and oxygen atoms in total. The predicted octanol–water partition coefficient (Wildman–Crippen LogP) is 2.77. The quantitative estimate of drug-likeness (QED) is 0.456. The molecule has 2 rings (SSSR count). The molecule has 0 unspecified atom stereocenters. The van der Waals surface area contributed by atoms with Gasteiger partial charge in [-0.05, 0) is 29.3 Å². The van der Waals surface area contributed by atoms with Gasteiger partial charge in [0.2, 0.25) is 0 Å². The molecule has 23 heavy (non-hydrogen) atoms. The zero-order chi connectivity index (χ0) is 17.0. The van der Waals surface area contributed by atoms with Crippen LogP contribution in [-0.4, -0.2) is 35.5 Å². The maximum Gasteiger partial charge on any atom is 0.342 e. The highest BCUT2D eigenvalue weighted by molar-refractivity contribution is 5.98. The molecule has 0 spiro atoms. The lowest BCUT2D eigenvalue weighted by molar-refractivity contribution is 0.0597. The van der Waals surface area contributed by atoms with Crippen molar-refractivity contribution in [2.45, 2.75) is 0 Å². The van der Waals surface area contributed by atoms with Crippen molar-refractivity contribution in [3.63, 3.8) is 0 Å². The summed E-state index contributed by atoms with van der Waals surface area (Å²) in [5.41, 5.74) is 0.993. The van der Waals surface area contributed by atoms with Gasteiger partial charge in [0.25, 0.3) is 0 Å². The monoisotopic (exact) mass is 316 g/mol. The van der Waals surface area contributed by atoms with Crippen molar-refractivity contribution in [2.75, 3.05) is 14.2 Å². The van der Waals surface area contributed by atoms with Crippen LogP contribution >= 0.6 is 0 Å². The topological polar surface area (TPSA) is 96.2 Å². The van der Waals surface area contributed by atoms with E-state index in [-0.39, 0.29) is 22.8 Å². The minimum atomic E-state index is -0.682. The molecule has 0 saturated heterocycles. The molecule has 0 saturated carbocycles. The molecule has 0 aromatic heterocycles. The van der Waals surface area contributed by atoms with E-state index >= 15 is 0 Å². The largest absolute Gasteiger partial charge is 0.507 e. The fourth-order valence-electron chi connectivity index (χ4n) is 2.03. The number of rotatable bonds is 4. The van der Waals surface area contributed by atoms with Gasteiger partial charge in [-0.1, -0.05) is 18.2 Å². The van der Waals surface area contributed by atoms with Crippen molar-refractivity contribution in [2.24, 2.45) is 0 Å². The Morgan fingerprint density at radius 1 is 0.957 bits per heavy atom. The van der Waals surface area contributed by atoms with E-state index < -0.39 is 5.97 Å². The summed E-state index contributed by atoms with van der Waals surface area (Å²) >= 11 is 0. The second kappa shape index (κ2) is 6.74. The molecule has 0 aliphatic rings. The van der Waals surface area contributed by atoms with E-state index in [1.807, 2.05) is 0 Å². The van der Waals surface area contributed by atoms with Gasteiger partial charge in [-0.15, -0.1) is 0 Å². The zero-order valence-electron chi connectivity index (χ0n) is 12.6. The van der Waals surface area contributed by atoms with Crippen LogP contribution in [0.15, 0.2) is 30.3 Å². The molecule has 120 valence electrons. The number of carbonyl (C=O) groups excluding carboxylic acids is 1. The number of benzene rings is 2. The predicted molar refractivity (Wildman–Crippen MR) is 84.7 cm³/mol. The second-order valence-electron chi connectivity index (χ2n) is 4.68. The van der Waals surface area contributed by atoms with Gasteiger partial charge in [0.1, 0.15) is 17.1 Å². The first-order valence-electron chi connectivity index (χ1n) is 6.65. The Kier molecular flexibility index (Phi) is 4.75. The molecule has 2 aromatic rings. The van der Waals surface area contributed by atoms with E-state index in [9.17, 15) is 20.1 Å². The van der Waals surface area contributed by atoms with Crippen LogP contribution in [-0.2, 0) is 4.74 Å². The average Bonchev–Trinajstić information content (AvgIpc) is 2.54. The van der Waals surface area contributed by atoms with E-state index in [1.165, 1.54) is 32.4 Å². The summed E-state index contributed by atoms with van der Waals surface area (Å²) in [6, 6.07) is 7.19. The molecular weight excluding hydrogens is 300 g/mol. The van der Waals surface area contributed by atoms with E-state index in [0.29, 0.717) is 16.9 Å². The summed E-state index contributed by atoms with van der Waals surface area (Å²) in [4.78, 5) is 11.8. The summed E-state index contributed by atoms with van der Waals surface area (Å²) in [6.45, 7) is 0. The minimum Gasteiger partial charge on any atom is -0.507 e. The first kappa shape index (κ1) is 16.2. The second-order valence-corrected chi connectivity index (χ2v) is 4.68. The van der Waals surface area contributed by atoms with Crippen LogP contribution in [0.2, 0.25) is 0 Å². The van der Waals surface area contributed by atoms with Crippen LogP contribution in [0.25, 0.3) is 12.2 Å². The normalized spacial score (nSPS) is 10.7. The Morgan fingerprint density at radius 3 is 2.30 bits per heavy atom. The third-order valence-corrected chi connectivity index (χ3v) is 3.20. The number of esters is 1. The Balaban J connectivity index is 2.48. The van der Waals surface area contributed by atoms with Crippen LogP contribution in [0.3, 0.4) is 0 Å². The van der Waals surface area contributed by atoms with Crippen LogP contribution in [0, 0.1) is 0 Å². The molecule has 0 fully saturated rings. The van der Waals surface area contributed by atoms with Crippen LogP contribution in [0.4, 0.5) is 0 Å². The summed E-state index contributed by atoms with van der Waals surface area (Å²) < 4.78 is 9.74. The van der Waals surface area contributed by atoms with Crippen molar-refractivity contribution in [3.8, 4) is 23.0 Å². The Labute approximate surface area is 132 Å². The molecule has 6 heteroatoms. The Bertz CT molecular complexity index is 764. The van der Waals surface area contributed by atoms with Gasteiger partial charge in [0.15, 0.2) is 11.5 Å². The van der Waals surface area contributed by atoms with Gasteiger partial charge in [-0.25, -0.2) is 4.79 Å². The Hall–Kier alpha value is -3.15. The molecule has 0 aliphatic carbocycles. The minimum absolute atomic E-state index is 0.00699. The molecule has 0 amide bonds. The van der Waals surface area contributed by atoms with Crippen molar-refractivity contribution in [3.05, 3.63) is 47.0 Å². The van der Waals surface area contributed by atoms with Gasteiger partial charge in [0, 0.05) is 6.07 Å². The summed E-state index contributed by atoms with van der Waals surface area (Å²) in [5, 5.41) is 28.8. The first-order valence-corrected chi connectivity index (χ1v) is 6.65. The van der Waals surface area contributed by atoms with Crippen molar-refractivity contribution in [1.29, 1.82) is 0 Å². The molecule has 2 aromatic carbocycles. The van der Waals surface area contributed by atoms with Crippen molar-refractivity contribution in [1.82, 2.24) is 0 Å². The number of aromatic hydroxyl groups is 3. The molecule has 0 aliphatic heterocycles. The van der Waals surface area contributed by atoms with Crippen LogP contribution in [0.1, 0.15) is 21.5 Å². The number of hydrogen-bond donors (Lipinski definition) is 3. The maximum absolute atomic E-state index is 11.8. The number of methoxy groups -OCH3 is 2. The van der Waals surface area contributed by atoms with Gasteiger partial charge in [-0.3, -0.25) is 0 Å². The fourth-order valence-corrected chi connectivity index (χ4v) is 2.03. The lowest BCUT2D eigenvalue weighted by atomic mass is 10.0. The molecule has 0 atom stereocenters. The molecule has 0 heterocycles. The number of phenolic OH excluding ortho intramolecular Hbond substituents is 3. The lowest BCUT2D eigenvalue weighted by Gasteiger charge is -2.09. The number of hydrogen-bond acceptors (Lipinski definition) is 6. The maximum atomic E-state index is 11.8. The SMILES string of the molecule is COC(=O)c1c(O)cc(OC)cc1C=Cc1ccc(O)c(O)c1. The Morgan fingerprint density at radius 2 is 1.70 bits per heavy atom. The molecular formula is C17H16O6. The van der Waals surface area contributed by atoms with E-state index in [1.54, 1.807) is 24.3 Å². The number of carbonyl (C=O) groups is 1. The third-order valence-electron chi connectivity index (χ3n) is 3.20. The number of ether oxygens (including phenoxy) is 2.